The number of hydrogen-bond donors (Lipinski definition) is 0. The summed E-state index contributed by atoms with van der Waals surface area (Å²) in [6.07, 6.45) is 1.60. The molecule has 1 aliphatic heterocycles. The summed E-state index contributed by atoms with van der Waals surface area (Å²) in [6, 6.07) is 7.22. The van der Waals surface area contributed by atoms with Gasteiger partial charge in [-0.15, -0.1) is 0 Å². The molecule has 0 fully saturated rings. The van der Waals surface area contributed by atoms with Crippen LogP contribution in [-0.4, -0.2) is 18.4 Å². The predicted molar refractivity (Wildman–Crippen MR) is 53.6 cm³/mol. The van der Waals surface area contributed by atoms with E-state index in [0.717, 1.165) is 5.56 Å². The van der Waals surface area contributed by atoms with Crippen LogP contribution in [0, 0.1) is 0 Å². The number of hydrogen-bond acceptors (Lipinski definition) is 2. The second-order valence-corrected chi connectivity index (χ2v) is 5.59. The molecule has 0 amide bonds. The monoisotopic (exact) mass is 259 g/mol. The molecule has 4 heteroatoms. The first kappa shape index (κ1) is 8.82. The molecular formula is C9H6ClNOSe. The van der Waals surface area contributed by atoms with E-state index in [4.69, 9.17) is 11.6 Å². The Hall–Kier alpha value is -0.761. The summed E-state index contributed by atoms with van der Waals surface area (Å²) in [7, 11) is 0. The van der Waals surface area contributed by atoms with Crippen molar-refractivity contribution >= 4 is 30.0 Å². The second-order valence-electron chi connectivity index (χ2n) is 2.52. The topological polar surface area (TPSA) is 29.4 Å². The first-order chi connectivity index (χ1) is 6.27. The summed E-state index contributed by atoms with van der Waals surface area (Å²) >= 11 is 3.73. The molecule has 0 radical (unpaired) electrons. The van der Waals surface area contributed by atoms with Crippen LogP contribution in [0.5, 0.6) is 0 Å². The normalized spacial score (nSPS) is 20.4. The fraction of sp³-hybridized carbons (Fsp3) is 0. The van der Waals surface area contributed by atoms with Crippen LogP contribution in [0.25, 0.3) is 0 Å². The standard InChI is InChI=1S/C9H6ClNOSe/c10-8-3-1-7(2-4-8)9-11-5-6-13(9)12/h1-6H. The molecule has 0 aliphatic carbocycles. The van der Waals surface area contributed by atoms with Gasteiger partial charge < -0.3 is 0 Å². The number of benzene rings is 1. The fourth-order valence-corrected chi connectivity index (χ4v) is 2.93. The molecule has 0 aromatic heterocycles. The molecule has 1 aliphatic rings. The molecule has 2 rings (SSSR count). The van der Waals surface area contributed by atoms with Crippen LogP contribution in [0.15, 0.2) is 40.4 Å². The van der Waals surface area contributed by atoms with Gasteiger partial charge in [0.25, 0.3) is 0 Å². The van der Waals surface area contributed by atoms with Crippen molar-refractivity contribution in [2.45, 2.75) is 0 Å². The first-order valence-corrected chi connectivity index (χ1v) is 6.60. The van der Waals surface area contributed by atoms with Crippen LogP contribution in [0.3, 0.4) is 0 Å². The van der Waals surface area contributed by atoms with E-state index in [-0.39, 0.29) is 0 Å². The number of aliphatic imine (C=N–C) groups is 1. The van der Waals surface area contributed by atoms with E-state index in [1.807, 2.05) is 12.1 Å². The maximum absolute atomic E-state index is 11.4. The summed E-state index contributed by atoms with van der Waals surface area (Å²) in [4.78, 5) is 5.71. The van der Waals surface area contributed by atoms with Gasteiger partial charge in [-0.05, 0) is 0 Å². The summed E-state index contributed by atoms with van der Waals surface area (Å²) < 4.78 is 12.1. The van der Waals surface area contributed by atoms with Crippen molar-refractivity contribution in [3.8, 4) is 0 Å². The molecule has 2 nitrogen and oxygen atoms in total. The minimum absolute atomic E-state index is 0.678. The van der Waals surface area contributed by atoms with Gasteiger partial charge in [-0.1, -0.05) is 0 Å². The zero-order chi connectivity index (χ0) is 9.26. The van der Waals surface area contributed by atoms with Gasteiger partial charge >= 0.3 is 84.9 Å². The van der Waals surface area contributed by atoms with Gasteiger partial charge in [-0.3, -0.25) is 0 Å². The Kier molecular flexibility index (Phi) is 2.40. The SMILES string of the molecule is O=[Se]1C=CN=C1c1ccc(Cl)cc1. The van der Waals surface area contributed by atoms with Gasteiger partial charge in [-0.2, -0.15) is 0 Å². The van der Waals surface area contributed by atoms with Crippen molar-refractivity contribution in [2.75, 3.05) is 0 Å². The quantitative estimate of drug-likeness (QED) is 0.710. The van der Waals surface area contributed by atoms with Crippen molar-refractivity contribution in [3.05, 3.63) is 46.0 Å². The van der Waals surface area contributed by atoms with E-state index in [2.05, 4.69) is 4.99 Å². The van der Waals surface area contributed by atoms with E-state index in [0.29, 0.717) is 9.63 Å². The van der Waals surface area contributed by atoms with Crippen LogP contribution in [0.1, 0.15) is 5.56 Å². The Balaban J connectivity index is 2.38. The van der Waals surface area contributed by atoms with E-state index >= 15 is 0 Å². The molecule has 1 atom stereocenters. The average Bonchev–Trinajstić information content (AvgIpc) is 2.53. The Morgan fingerprint density at radius 1 is 1.23 bits per heavy atom. The summed E-state index contributed by atoms with van der Waals surface area (Å²) in [6.45, 7) is 0. The third-order valence-corrected chi connectivity index (χ3v) is 4.20. The molecule has 13 heavy (non-hydrogen) atoms. The number of rotatable bonds is 1. The van der Waals surface area contributed by atoms with E-state index in [1.54, 1.807) is 23.3 Å². The molecule has 1 unspecified atom stereocenters. The van der Waals surface area contributed by atoms with Gasteiger partial charge in [0.2, 0.25) is 0 Å². The van der Waals surface area contributed by atoms with E-state index < -0.39 is 13.8 Å². The van der Waals surface area contributed by atoms with Crippen molar-refractivity contribution in [3.63, 3.8) is 0 Å². The maximum atomic E-state index is 11.4. The Bertz CT molecular complexity index is 408. The molecule has 1 aromatic rings. The van der Waals surface area contributed by atoms with Gasteiger partial charge in [0.15, 0.2) is 0 Å². The molecule has 66 valence electrons. The summed E-state index contributed by atoms with van der Waals surface area (Å²) in [5.41, 5.74) is 0.898. The predicted octanol–water partition coefficient (Wildman–Crippen LogP) is 2.16. The van der Waals surface area contributed by atoms with E-state index in [9.17, 15) is 3.83 Å². The third-order valence-electron chi connectivity index (χ3n) is 1.66. The molecular weight excluding hydrogens is 253 g/mol. The van der Waals surface area contributed by atoms with Crippen LogP contribution >= 0.6 is 11.6 Å². The van der Waals surface area contributed by atoms with Gasteiger partial charge in [-0.25, -0.2) is 0 Å². The Morgan fingerprint density at radius 3 is 2.46 bits per heavy atom. The third kappa shape index (κ3) is 1.78. The Labute approximate surface area is 85.0 Å². The van der Waals surface area contributed by atoms with Crippen LogP contribution in [-0.2, 0) is 3.83 Å². The van der Waals surface area contributed by atoms with Crippen LogP contribution in [0.4, 0.5) is 0 Å². The van der Waals surface area contributed by atoms with Crippen molar-refractivity contribution in [1.29, 1.82) is 0 Å². The molecule has 0 bridgehead atoms. The zero-order valence-electron chi connectivity index (χ0n) is 6.61. The Morgan fingerprint density at radius 2 is 1.92 bits per heavy atom. The van der Waals surface area contributed by atoms with Crippen LogP contribution in [0.2, 0.25) is 5.02 Å². The number of nitrogens with zero attached hydrogens (tertiary/aromatic N) is 1. The summed E-state index contributed by atoms with van der Waals surface area (Å²) in [5, 5.41) is 0.678. The molecule has 0 spiro atoms. The molecule has 0 N–H and O–H groups in total. The van der Waals surface area contributed by atoms with Crippen molar-refractivity contribution in [1.82, 2.24) is 0 Å². The van der Waals surface area contributed by atoms with Gasteiger partial charge in [0, 0.05) is 0 Å². The molecule has 1 aromatic carbocycles. The second kappa shape index (κ2) is 3.54. The summed E-state index contributed by atoms with van der Waals surface area (Å²) in [5.74, 6) is 0. The van der Waals surface area contributed by atoms with Gasteiger partial charge in [0.1, 0.15) is 0 Å². The fourth-order valence-electron chi connectivity index (χ4n) is 1.05. The zero-order valence-corrected chi connectivity index (χ0v) is 9.07. The minimum atomic E-state index is -2.00. The van der Waals surface area contributed by atoms with Gasteiger partial charge in [0.05, 0.1) is 0 Å². The average molecular weight is 259 g/mol. The van der Waals surface area contributed by atoms with E-state index in [1.165, 1.54) is 0 Å². The molecule has 0 saturated carbocycles. The first-order valence-electron chi connectivity index (χ1n) is 3.68. The van der Waals surface area contributed by atoms with Crippen LogP contribution < -0.4 is 0 Å². The molecule has 0 saturated heterocycles. The van der Waals surface area contributed by atoms with Crippen molar-refractivity contribution in [2.24, 2.45) is 4.99 Å². The van der Waals surface area contributed by atoms with Crippen molar-refractivity contribution < 1.29 is 3.83 Å². The molecule has 1 heterocycles. The number of halogens is 1.